The first-order chi connectivity index (χ1) is 12.0. The Balaban J connectivity index is 1.46. The topological polar surface area (TPSA) is 83.0 Å². The molecule has 25 heavy (non-hydrogen) atoms. The Morgan fingerprint density at radius 2 is 2.20 bits per heavy atom. The third kappa shape index (κ3) is 3.12. The Hall–Kier alpha value is -2.04. The average molecular weight is 439 g/mol. The van der Waals surface area contributed by atoms with Gasteiger partial charge in [-0.3, -0.25) is 4.68 Å². The second-order valence-electron chi connectivity index (χ2n) is 5.22. The number of ether oxygens (including phenoxy) is 1. The summed E-state index contributed by atoms with van der Waals surface area (Å²) in [5.74, 6) is 0.247. The lowest BCUT2D eigenvalue weighted by Crippen LogP contribution is -2.03. The van der Waals surface area contributed by atoms with E-state index in [2.05, 4.69) is 31.2 Å². The molecule has 7 nitrogen and oxygen atoms in total. The minimum absolute atomic E-state index is 0.0656. The van der Waals surface area contributed by atoms with E-state index < -0.39 is 5.97 Å². The van der Waals surface area contributed by atoms with Crippen molar-refractivity contribution < 1.29 is 13.9 Å². The summed E-state index contributed by atoms with van der Waals surface area (Å²) in [5.41, 5.74) is 0.886. The van der Waals surface area contributed by atoms with E-state index in [0.717, 1.165) is 24.6 Å². The number of aromatic nitrogens is 4. The predicted molar refractivity (Wildman–Crippen MR) is 97.8 cm³/mol. The molecule has 0 bridgehead atoms. The smallest absolute Gasteiger partial charge is 0.348 e. The van der Waals surface area contributed by atoms with Crippen LogP contribution in [0.3, 0.4) is 0 Å². The second kappa shape index (κ2) is 6.36. The van der Waals surface area contributed by atoms with Gasteiger partial charge in [-0.2, -0.15) is 5.10 Å². The molecule has 4 heterocycles. The molecule has 0 spiro atoms. The molecule has 0 aliphatic rings. The number of fused-ring (bicyclic) bond motifs is 1. The van der Waals surface area contributed by atoms with Crippen molar-refractivity contribution in [1.29, 1.82) is 0 Å². The summed E-state index contributed by atoms with van der Waals surface area (Å²) in [6, 6.07) is 5.58. The van der Waals surface area contributed by atoms with Crippen LogP contribution in [0.1, 0.15) is 21.3 Å². The first-order valence-corrected chi connectivity index (χ1v) is 9.62. The number of carbonyl (C=O) groups is 1. The summed E-state index contributed by atoms with van der Waals surface area (Å²) in [4.78, 5) is 14.6. The second-order valence-corrected chi connectivity index (χ2v) is 8.71. The summed E-state index contributed by atoms with van der Waals surface area (Å²) >= 11 is 6.22. The van der Waals surface area contributed by atoms with Crippen molar-refractivity contribution in [2.45, 2.75) is 13.5 Å². The molecule has 0 fully saturated rings. The van der Waals surface area contributed by atoms with Gasteiger partial charge in [0.15, 0.2) is 6.61 Å². The Bertz CT molecular complexity index is 1040. The standard InChI is InChI=1S/C15H11BrN4O3S2/c1-7-8-5-10(25-14(8)20(2)19-7)15(21)22-6-12-17-18-13(23-12)9-3-4-11(16)24-9/h3-5H,6H2,1-2H3. The first-order valence-electron chi connectivity index (χ1n) is 7.19. The molecule has 0 radical (unpaired) electrons. The lowest BCUT2D eigenvalue weighted by molar-refractivity contribution is 0.0444. The maximum Gasteiger partial charge on any atom is 0.348 e. The van der Waals surface area contributed by atoms with Crippen molar-refractivity contribution in [3.05, 3.63) is 38.4 Å². The van der Waals surface area contributed by atoms with Crippen molar-refractivity contribution in [2.75, 3.05) is 0 Å². The number of hydrogen-bond donors (Lipinski definition) is 0. The molecule has 0 atom stereocenters. The van der Waals surface area contributed by atoms with Crippen LogP contribution in [0.25, 0.3) is 21.0 Å². The van der Waals surface area contributed by atoms with Crippen LogP contribution in [-0.4, -0.2) is 25.9 Å². The number of thiophene rings is 2. The Morgan fingerprint density at radius 1 is 1.36 bits per heavy atom. The average Bonchev–Trinajstić information content (AvgIpc) is 3.33. The molecule has 0 amide bonds. The molecule has 0 N–H and O–H groups in total. The number of aryl methyl sites for hydroxylation is 2. The Labute approximate surface area is 158 Å². The molecular formula is C15H11BrN4O3S2. The van der Waals surface area contributed by atoms with Gasteiger partial charge in [-0.15, -0.1) is 32.9 Å². The van der Waals surface area contributed by atoms with Crippen LogP contribution in [0.2, 0.25) is 0 Å². The highest BCUT2D eigenvalue weighted by Gasteiger charge is 2.18. The van der Waals surface area contributed by atoms with Crippen LogP contribution < -0.4 is 0 Å². The lowest BCUT2D eigenvalue weighted by atomic mass is 10.3. The summed E-state index contributed by atoms with van der Waals surface area (Å²) in [6.45, 7) is 1.84. The molecule has 0 saturated heterocycles. The van der Waals surface area contributed by atoms with E-state index >= 15 is 0 Å². The maximum absolute atomic E-state index is 12.3. The van der Waals surface area contributed by atoms with Crippen molar-refractivity contribution in [3.8, 4) is 10.8 Å². The van der Waals surface area contributed by atoms with Gasteiger partial charge in [0, 0.05) is 12.4 Å². The molecule has 0 saturated carbocycles. The van der Waals surface area contributed by atoms with Gasteiger partial charge in [-0.25, -0.2) is 4.79 Å². The molecule has 0 aromatic carbocycles. The van der Waals surface area contributed by atoms with Crippen molar-refractivity contribution in [2.24, 2.45) is 7.05 Å². The highest BCUT2D eigenvalue weighted by molar-refractivity contribution is 9.11. The van der Waals surface area contributed by atoms with Gasteiger partial charge >= 0.3 is 5.97 Å². The van der Waals surface area contributed by atoms with Crippen LogP contribution >= 0.6 is 38.6 Å². The maximum atomic E-state index is 12.3. The first kappa shape index (κ1) is 16.4. The van der Waals surface area contributed by atoms with Gasteiger partial charge in [0.05, 0.1) is 14.4 Å². The molecule has 128 valence electrons. The van der Waals surface area contributed by atoms with Gasteiger partial charge in [0.1, 0.15) is 9.71 Å². The van der Waals surface area contributed by atoms with Crippen LogP contribution in [0.4, 0.5) is 0 Å². The Kier molecular flexibility index (Phi) is 4.18. The SMILES string of the molecule is Cc1nn(C)c2sc(C(=O)OCc3nnc(-c4ccc(Br)s4)o3)cc12. The molecule has 4 aromatic rings. The van der Waals surface area contributed by atoms with E-state index in [4.69, 9.17) is 9.15 Å². The van der Waals surface area contributed by atoms with Gasteiger partial charge in [-0.1, -0.05) is 0 Å². The molecule has 0 aliphatic heterocycles. The van der Waals surface area contributed by atoms with Crippen LogP contribution in [0.15, 0.2) is 26.4 Å². The molecule has 0 unspecified atom stereocenters. The zero-order valence-corrected chi connectivity index (χ0v) is 16.4. The fourth-order valence-electron chi connectivity index (χ4n) is 2.35. The van der Waals surface area contributed by atoms with E-state index in [0.29, 0.717) is 10.8 Å². The molecule has 10 heteroatoms. The quantitative estimate of drug-likeness (QED) is 0.444. The van der Waals surface area contributed by atoms with E-state index in [1.165, 1.54) is 22.7 Å². The highest BCUT2D eigenvalue weighted by Crippen LogP contribution is 2.31. The minimum Gasteiger partial charge on any atom is -0.451 e. The molecular weight excluding hydrogens is 428 g/mol. The van der Waals surface area contributed by atoms with Gasteiger partial charge in [0.25, 0.3) is 11.8 Å². The van der Waals surface area contributed by atoms with Crippen molar-refractivity contribution in [3.63, 3.8) is 0 Å². The van der Waals surface area contributed by atoms with Crippen LogP contribution in [0, 0.1) is 6.92 Å². The molecule has 4 rings (SSSR count). The normalized spacial score (nSPS) is 11.3. The van der Waals surface area contributed by atoms with Gasteiger partial charge in [-0.05, 0) is 41.1 Å². The van der Waals surface area contributed by atoms with E-state index in [1.54, 1.807) is 10.7 Å². The number of carbonyl (C=O) groups excluding carboxylic acids is 1. The number of esters is 1. The lowest BCUT2D eigenvalue weighted by Gasteiger charge is -1.98. The number of halogens is 1. The van der Waals surface area contributed by atoms with E-state index in [1.807, 2.05) is 26.1 Å². The number of hydrogen-bond acceptors (Lipinski definition) is 8. The van der Waals surface area contributed by atoms with Gasteiger partial charge in [0.2, 0.25) is 0 Å². The summed E-state index contributed by atoms with van der Waals surface area (Å²) in [7, 11) is 1.85. The summed E-state index contributed by atoms with van der Waals surface area (Å²) in [5, 5.41) is 13.2. The monoisotopic (exact) mass is 438 g/mol. The zero-order valence-electron chi connectivity index (χ0n) is 13.1. The molecule has 0 aliphatic carbocycles. The Morgan fingerprint density at radius 3 is 2.92 bits per heavy atom. The van der Waals surface area contributed by atoms with E-state index in [9.17, 15) is 4.79 Å². The molecule has 4 aromatic heterocycles. The third-order valence-corrected chi connectivity index (χ3v) is 6.27. The largest absolute Gasteiger partial charge is 0.451 e. The fraction of sp³-hybridized carbons (Fsp3) is 0.200. The minimum atomic E-state index is -0.417. The number of nitrogens with zero attached hydrogens (tertiary/aromatic N) is 4. The summed E-state index contributed by atoms with van der Waals surface area (Å²) in [6.07, 6.45) is 0. The fourth-order valence-corrected chi connectivity index (χ4v) is 4.67. The van der Waals surface area contributed by atoms with E-state index in [-0.39, 0.29) is 12.5 Å². The highest BCUT2D eigenvalue weighted by atomic mass is 79.9. The summed E-state index contributed by atoms with van der Waals surface area (Å²) < 4.78 is 13.6. The van der Waals surface area contributed by atoms with Crippen LogP contribution in [0.5, 0.6) is 0 Å². The zero-order chi connectivity index (χ0) is 17.6. The third-order valence-electron chi connectivity index (χ3n) is 3.47. The van der Waals surface area contributed by atoms with Crippen molar-refractivity contribution in [1.82, 2.24) is 20.0 Å². The predicted octanol–water partition coefficient (Wildman–Crippen LogP) is 4.17. The number of rotatable bonds is 4. The van der Waals surface area contributed by atoms with Crippen LogP contribution in [-0.2, 0) is 18.4 Å². The van der Waals surface area contributed by atoms with Gasteiger partial charge < -0.3 is 9.15 Å². The van der Waals surface area contributed by atoms with Crippen molar-refractivity contribution >= 4 is 54.8 Å².